The van der Waals surface area contributed by atoms with Crippen LogP contribution in [0.1, 0.15) is 35.0 Å². The molecule has 1 fully saturated rings. The van der Waals surface area contributed by atoms with Crippen molar-refractivity contribution >= 4 is 17.4 Å². The number of hydrogen-bond acceptors (Lipinski definition) is 6. The largest absolute Gasteiger partial charge is 0.507 e. The van der Waals surface area contributed by atoms with E-state index < -0.39 is 17.7 Å². The van der Waals surface area contributed by atoms with E-state index in [1.54, 1.807) is 50.4 Å². The number of methoxy groups -OCH3 is 1. The molecule has 9 nitrogen and oxygen atoms in total. The number of aryl methyl sites for hydroxylation is 3. The van der Waals surface area contributed by atoms with Crippen molar-refractivity contribution in [2.24, 2.45) is 7.05 Å². The molecule has 33 heavy (non-hydrogen) atoms. The summed E-state index contributed by atoms with van der Waals surface area (Å²) in [7, 11) is 3.35. The molecule has 1 aliphatic heterocycles. The lowest BCUT2D eigenvalue weighted by Crippen LogP contribution is -2.31. The molecule has 1 N–H and O–H groups in total. The predicted octanol–water partition coefficient (Wildman–Crippen LogP) is 2.75. The fourth-order valence-corrected chi connectivity index (χ4v) is 4.34. The Balaban J connectivity index is 1.77. The van der Waals surface area contributed by atoms with Crippen molar-refractivity contribution in [3.8, 4) is 5.75 Å². The lowest BCUT2D eigenvalue weighted by atomic mass is 9.94. The Morgan fingerprint density at radius 2 is 1.88 bits per heavy atom. The van der Waals surface area contributed by atoms with E-state index in [4.69, 9.17) is 4.74 Å². The summed E-state index contributed by atoms with van der Waals surface area (Å²) in [5, 5.41) is 15.7. The quantitative estimate of drug-likeness (QED) is 0.338. The minimum atomic E-state index is -0.710. The minimum Gasteiger partial charge on any atom is -0.507 e. The topological polar surface area (TPSA) is 102 Å². The first-order valence-electron chi connectivity index (χ1n) is 10.7. The highest BCUT2D eigenvalue weighted by molar-refractivity contribution is 6.46. The molecule has 1 aliphatic rings. The standard InChI is InChI=1S/C24H27N5O4/c1-15-19(16(2)27(3)26-15)22(30)20-21(17-6-8-18(33-4)9-7-17)29(24(32)23(20)31)12-5-11-28-13-10-25-14-28/h6-10,13-14,21,30H,5,11-12H2,1-4H3. The van der Waals surface area contributed by atoms with Gasteiger partial charge in [-0.05, 0) is 38.0 Å². The van der Waals surface area contributed by atoms with Crippen molar-refractivity contribution in [3.63, 3.8) is 0 Å². The Morgan fingerprint density at radius 3 is 2.45 bits per heavy atom. The van der Waals surface area contributed by atoms with Crippen LogP contribution in [0.25, 0.3) is 5.76 Å². The van der Waals surface area contributed by atoms with Crippen molar-refractivity contribution < 1.29 is 19.4 Å². The molecule has 0 radical (unpaired) electrons. The van der Waals surface area contributed by atoms with E-state index in [-0.39, 0.29) is 11.3 Å². The molecule has 1 amide bonds. The van der Waals surface area contributed by atoms with E-state index in [9.17, 15) is 14.7 Å². The first-order chi connectivity index (χ1) is 15.8. The maximum atomic E-state index is 13.2. The third-order valence-electron chi connectivity index (χ3n) is 6.09. The van der Waals surface area contributed by atoms with E-state index in [0.29, 0.717) is 42.2 Å². The highest BCUT2D eigenvalue weighted by Gasteiger charge is 2.46. The number of nitrogens with zero attached hydrogens (tertiary/aromatic N) is 5. The van der Waals surface area contributed by atoms with Crippen LogP contribution in [-0.4, -0.2) is 54.7 Å². The molecule has 4 rings (SSSR count). The van der Waals surface area contributed by atoms with E-state index >= 15 is 0 Å². The van der Waals surface area contributed by atoms with Gasteiger partial charge in [-0.1, -0.05) is 12.1 Å². The Morgan fingerprint density at radius 1 is 1.15 bits per heavy atom. The Kier molecular flexibility index (Phi) is 6.04. The normalized spacial score (nSPS) is 17.7. The van der Waals surface area contributed by atoms with Gasteiger partial charge in [-0.2, -0.15) is 5.10 Å². The van der Waals surface area contributed by atoms with E-state index in [1.807, 2.05) is 29.8 Å². The van der Waals surface area contributed by atoms with Crippen molar-refractivity contribution in [1.29, 1.82) is 0 Å². The van der Waals surface area contributed by atoms with Gasteiger partial charge in [0.2, 0.25) is 0 Å². The van der Waals surface area contributed by atoms with Gasteiger partial charge in [-0.15, -0.1) is 0 Å². The maximum absolute atomic E-state index is 13.2. The van der Waals surface area contributed by atoms with Gasteiger partial charge in [0.15, 0.2) is 0 Å². The number of hydrogen-bond donors (Lipinski definition) is 1. The number of carbonyl (C=O) groups excluding carboxylic acids is 2. The molecule has 0 spiro atoms. The van der Waals surface area contributed by atoms with Crippen LogP contribution in [-0.2, 0) is 23.2 Å². The summed E-state index contributed by atoms with van der Waals surface area (Å²) in [4.78, 5) is 31.8. The zero-order chi connectivity index (χ0) is 23.7. The molecular formula is C24H27N5O4. The first kappa shape index (κ1) is 22.3. The van der Waals surface area contributed by atoms with Crippen LogP contribution < -0.4 is 4.74 Å². The molecule has 0 bridgehead atoms. The second kappa shape index (κ2) is 8.93. The smallest absolute Gasteiger partial charge is 0.295 e. The van der Waals surface area contributed by atoms with E-state index in [2.05, 4.69) is 10.1 Å². The van der Waals surface area contributed by atoms with Gasteiger partial charge in [0.1, 0.15) is 11.5 Å². The first-order valence-corrected chi connectivity index (χ1v) is 10.7. The predicted molar refractivity (Wildman–Crippen MR) is 122 cm³/mol. The number of benzene rings is 1. The van der Waals surface area contributed by atoms with E-state index in [0.717, 1.165) is 5.56 Å². The van der Waals surface area contributed by atoms with Crippen molar-refractivity contribution in [1.82, 2.24) is 24.2 Å². The van der Waals surface area contributed by atoms with Crippen LogP contribution in [0.2, 0.25) is 0 Å². The second-order valence-corrected chi connectivity index (χ2v) is 8.09. The molecule has 0 aliphatic carbocycles. The maximum Gasteiger partial charge on any atom is 0.295 e. The highest BCUT2D eigenvalue weighted by atomic mass is 16.5. The summed E-state index contributed by atoms with van der Waals surface area (Å²) >= 11 is 0. The summed E-state index contributed by atoms with van der Waals surface area (Å²) in [6, 6.07) is 6.48. The molecule has 3 heterocycles. The number of amides is 1. The van der Waals surface area contributed by atoms with Crippen LogP contribution in [0.5, 0.6) is 5.75 Å². The molecule has 1 unspecified atom stereocenters. The number of aromatic nitrogens is 4. The lowest BCUT2D eigenvalue weighted by molar-refractivity contribution is -0.139. The fourth-order valence-electron chi connectivity index (χ4n) is 4.34. The second-order valence-electron chi connectivity index (χ2n) is 8.09. The van der Waals surface area contributed by atoms with Gasteiger partial charge in [0.05, 0.1) is 36.3 Å². The number of aliphatic hydroxyl groups excluding tert-OH is 1. The minimum absolute atomic E-state index is 0.0759. The molecule has 0 saturated carbocycles. The number of likely N-dealkylation sites (tertiary alicyclic amines) is 1. The Labute approximate surface area is 191 Å². The van der Waals surface area contributed by atoms with Gasteiger partial charge < -0.3 is 19.3 Å². The van der Waals surface area contributed by atoms with E-state index in [1.165, 1.54) is 4.90 Å². The Bertz CT molecular complexity index is 1210. The summed E-state index contributed by atoms with van der Waals surface area (Å²) in [6.45, 7) is 4.59. The summed E-state index contributed by atoms with van der Waals surface area (Å²) in [5.74, 6) is -0.857. The zero-order valence-electron chi connectivity index (χ0n) is 19.1. The van der Waals surface area contributed by atoms with Crippen molar-refractivity contribution in [3.05, 3.63) is 71.1 Å². The van der Waals surface area contributed by atoms with Crippen LogP contribution in [0, 0.1) is 13.8 Å². The van der Waals surface area contributed by atoms with Gasteiger partial charge in [-0.3, -0.25) is 14.3 Å². The third-order valence-corrected chi connectivity index (χ3v) is 6.09. The van der Waals surface area contributed by atoms with Gasteiger partial charge >= 0.3 is 0 Å². The average molecular weight is 450 g/mol. The highest BCUT2D eigenvalue weighted by Crippen LogP contribution is 2.40. The number of ketones is 1. The van der Waals surface area contributed by atoms with Crippen molar-refractivity contribution in [2.45, 2.75) is 32.9 Å². The lowest BCUT2D eigenvalue weighted by Gasteiger charge is -2.25. The third kappa shape index (κ3) is 4.02. The van der Waals surface area contributed by atoms with Gasteiger partial charge in [-0.25, -0.2) is 4.98 Å². The number of carbonyl (C=O) groups is 2. The zero-order valence-corrected chi connectivity index (χ0v) is 19.1. The van der Waals surface area contributed by atoms with Gasteiger partial charge in [0.25, 0.3) is 11.7 Å². The number of aliphatic hydroxyl groups is 1. The number of rotatable bonds is 7. The summed E-state index contributed by atoms with van der Waals surface area (Å²) < 4.78 is 8.82. The number of imidazole rings is 1. The number of ether oxygens (including phenoxy) is 1. The van der Waals surface area contributed by atoms with Crippen LogP contribution >= 0.6 is 0 Å². The fraction of sp³-hybridized carbons (Fsp3) is 0.333. The SMILES string of the molecule is COc1ccc(C2C(=C(O)c3c(C)nn(C)c3C)C(=O)C(=O)N2CCCn2ccnc2)cc1. The van der Waals surface area contributed by atoms with Crippen molar-refractivity contribution in [2.75, 3.05) is 13.7 Å². The summed E-state index contributed by atoms with van der Waals surface area (Å²) in [5.41, 5.74) is 2.58. The van der Waals surface area contributed by atoms with Crippen LogP contribution in [0.15, 0.2) is 48.6 Å². The molecule has 1 aromatic carbocycles. The summed E-state index contributed by atoms with van der Waals surface area (Å²) in [6.07, 6.45) is 5.88. The Hall–Kier alpha value is -3.88. The molecule has 3 aromatic rings. The number of Topliss-reactive ketones (excluding diaryl/α,β-unsaturated/α-hetero) is 1. The van der Waals surface area contributed by atoms with Gasteiger partial charge in [0, 0.05) is 38.2 Å². The molecule has 172 valence electrons. The van der Waals surface area contributed by atoms with Crippen LogP contribution in [0.4, 0.5) is 0 Å². The average Bonchev–Trinajstić information content (AvgIpc) is 3.47. The molecule has 1 atom stereocenters. The molecular weight excluding hydrogens is 422 g/mol. The molecule has 9 heteroatoms. The molecule has 2 aromatic heterocycles. The van der Waals surface area contributed by atoms with Crippen LogP contribution in [0.3, 0.4) is 0 Å². The monoisotopic (exact) mass is 449 g/mol. The molecule has 1 saturated heterocycles.